The van der Waals surface area contributed by atoms with Crippen molar-refractivity contribution in [3.8, 4) is 0 Å². The van der Waals surface area contributed by atoms with Gasteiger partial charge < -0.3 is 19.4 Å². The van der Waals surface area contributed by atoms with Gasteiger partial charge in [-0.2, -0.15) is 0 Å². The fourth-order valence-electron chi connectivity index (χ4n) is 9.19. The number of carbonyl (C=O) groups excluding carboxylic acids is 2. The first kappa shape index (κ1) is 76.2. The zero-order valence-corrected chi connectivity index (χ0v) is 53.2. The number of esters is 1. The topological polar surface area (TPSA) is 111 Å². The first-order valence-corrected chi connectivity index (χ1v) is 34.4. The number of hydrogen-bond acceptors (Lipinski definition) is 6. The molecule has 2 N–H and O–H groups in total. The van der Waals surface area contributed by atoms with Crippen molar-refractivity contribution in [3.05, 3.63) is 85.1 Å². The maximum Gasteiger partial charge on any atom is 0.472 e. The molecule has 0 saturated carbocycles. The largest absolute Gasteiger partial charge is 0.472 e. The third-order valence-electron chi connectivity index (χ3n) is 14.3. The highest BCUT2D eigenvalue weighted by Gasteiger charge is 2.30. The molecule has 0 bridgehead atoms. The zero-order chi connectivity index (χ0) is 57.9. The summed E-state index contributed by atoms with van der Waals surface area (Å²) in [4.78, 5) is 37.8. The first-order valence-electron chi connectivity index (χ1n) is 32.9. The summed E-state index contributed by atoms with van der Waals surface area (Å²) in [5.41, 5.74) is 0. The van der Waals surface area contributed by atoms with Crippen molar-refractivity contribution in [2.75, 3.05) is 40.9 Å². The van der Waals surface area contributed by atoms with Gasteiger partial charge in [-0.3, -0.25) is 18.6 Å². The zero-order valence-electron chi connectivity index (χ0n) is 52.3. The molecule has 0 aromatic heterocycles. The Balaban J connectivity index is 5.17. The van der Waals surface area contributed by atoms with Crippen molar-refractivity contribution in [1.82, 2.24) is 5.32 Å². The van der Waals surface area contributed by atoms with Crippen LogP contribution in [0.4, 0.5) is 0 Å². The molecular formula is C69H126N2O7P+. The van der Waals surface area contributed by atoms with Gasteiger partial charge in [-0.15, -0.1) is 0 Å². The molecule has 0 aromatic rings. The first-order chi connectivity index (χ1) is 38.4. The van der Waals surface area contributed by atoms with Crippen LogP contribution in [0, 0.1) is 0 Å². The van der Waals surface area contributed by atoms with Crippen LogP contribution in [0.25, 0.3) is 0 Å². The lowest BCUT2D eigenvalue weighted by atomic mass is 10.0. The average molecular weight is 1130 g/mol. The Kier molecular flexibility index (Phi) is 56.3. The molecule has 0 aliphatic rings. The van der Waals surface area contributed by atoms with Gasteiger partial charge in [-0.05, 0) is 109 Å². The number of phosphoric ester groups is 1. The molecule has 0 aliphatic carbocycles. The molecule has 458 valence electrons. The number of phosphoric acid groups is 1. The quantitative estimate of drug-likeness (QED) is 0.0205. The van der Waals surface area contributed by atoms with Crippen LogP contribution in [-0.2, 0) is 27.9 Å². The Hall–Kier alpha value is -2.81. The number of rotatable bonds is 59. The summed E-state index contributed by atoms with van der Waals surface area (Å²) in [5.74, 6) is -0.521. The molecule has 1 amide bonds. The van der Waals surface area contributed by atoms with Gasteiger partial charge in [0.2, 0.25) is 5.91 Å². The summed E-state index contributed by atoms with van der Waals surface area (Å²) in [6, 6.07) is -0.859. The van der Waals surface area contributed by atoms with E-state index in [1.165, 1.54) is 148 Å². The van der Waals surface area contributed by atoms with Gasteiger partial charge in [-0.25, -0.2) is 4.57 Å². The van der Waals surface area contributed by atoms with Crippen molar-refractivity contribution in [2.24, 2.45) is 0 Å². The number of amides is 1. The molecule has 3 atom stereocenters. The number of carbonyl (C=O) groups is 2. The van der Waals surface area contributed by atoms with E-state index in [-0.39, 0.29) is 31.5 Å². The molecule has 79 heavy (non-hydrogen) atoms. The van der Waals surface area contributed by atoms with Crippen molar-refractivity contribution < 1.29 is 37.3 Å². The SMILES string of the molecule is CCCCC/C=C\C/C=C\C/C=C\C/C=C\CCCCCCCCCC(=O)OC(/C=C/CCCCCCCCCCC)C(COP(=O)(O)OCC[N+](C)(C)C)NC(=O)CCCCCCCCCCC/C=C\C/C=C\CCCCC. The van der Waals surface area contributed by atoms with Crippen LogP contribution in [0.3, 0.4) is 0 Å². The molecular weight excluding hydrogens is 1000 g/mol. The Bertz CT molecular complexity index is 1630. The number of quaternary nitrogens is 1. The van der Waals surface area contributed by atoms with Gasteiger partial charge in [0.15, 0.2) is 0 Å². The van der Waals surface area contributed by atoms with Crippen molar-refractivity contribution >= 4 is 19.7 Å². The maximum atomic E-state index is 13.6. The van der Waals surface area contributed by atoms with E-state index < -0.39 is 20.0 Å². The Morgan fingerprint density at radius 1 is 0.443 bits per heavy atom. The second-order valence-electron chi connectivity index (χ2n) is 23.3. The monoisotopic (exact) mass is 1130 g/mol. The van der Waals surface area contributed by atoms with Crippen LogP contribution in [0.2, 0.25) is 0 Å². The van der Waals surface area contributed by atoms with Crippen molar-refractivity contribution in [2.45, 2.75) is 303 Å². The van der Waals surface area contributed by atoms with E-state index in [0.717, 1.165) is 109 Å². The number of nitrogens with one attached hydrogen (secondary N) is 1. The molecule has 0 aliphatic heterocycles. The smallest absolute Gasteiger partial charge is 0.456 e. The standard InChI is InChI=1S/C69H125N2O7P/c1-7-10-13-16-19-22-25-27-29-31-33-34-35-36-38-40-42-44-47-50-53-56-59-62-69(73)78-67(60-57-54-51-48-45-24-21-18-15-12-9-3)66(65-77-79(74,75)76-64-63-71(4,5)6)70-68(72)61-58-55-52-49-46-43-41-39-37-32-30-28-26-23-20-17-14-11-8-2/h19-20,22-23,27-30,33-34,36,38,57,60,66-67H,7-18,21,24-26,31-32,35,37,39-56,58-59,61-65H2,1-6H3,(H-,70,72,74,75)/p+1/b22-19-,23-20-,29-27-,30-28-,34-33-,38-36-,60-57+. The summed E-state index contributed by atoms with van der Waals surface area (Å²) in [5, 5.41) is 3.06. The highest BCUT2D eigenvalue weighted by Crippen LogP contribution is 2.43. The lowest BCUT2D eigenvalue weighted by Crippen LogP contribution is -2.47. The van der Waals surface area contributed by atoms with E-state index in [4.69, 9.17) is 13.8 Å². The normalized spacial score (nSPS) is 14.2. The minimum atomic E-state index is -4.46. The summed E-state index contributed by atoms with van der Waals surface area (Å²) >= 11 is 0. The third-order valence-corrected chi connectivity index (χ3v) is 15.3. The molecule has 0 spiro atoms. The van der Waals surface area contributed by atoms with Gasteiger partial charge in [0.25, 0.3) is 0 Å². The van der Waals surface area contributed by atoms with Gasteiger partial charge in [0.1, 0.15) is 19.3 Å². The molecule has 0 aromatic carbocycles. The number of ether oxygens (including phenoxy) is 1. The van der Waals surface area contributed by atoms with Gasteiger partial charge in [0.05, 0.1) is 33.8 Å². The molecule has 0 saturated heterocycles. The highest BCUT2D eigenvalue weighted by atomic mass is 31.2. The molecule has 0 fully saturated rings. The molecule has 9 nitrogen and oxygen atoms in total. The van der Waals surface area contributed by atoms with Crippen molar-refractivity contribution in [1.29, 1.82) is 0 Å². The number of nitrogens with zero attached hydrogens (tertiary/aromatic N) is 1. The van der Waals surface area contributed by atoms with E-state index in [1.54, 1.807) is 0 Å². The predicted molar refractivity (Wildman–Crippen MR) is 341 cm³/mol. The summed E-state index contributed by atoms with van der Waals surface area (Å²) in [6.07, 6.45) is 77.2. The van der Waals surface area contributed by atoms with E-state index in [9.17, 15) is 19.0 Å². The molecule has 3 unspecified atom stereocenters. The Morgan fingerprint density at radius 3 is 1.18 bits per heavy atom. The Morgan fingerprint density at radius 2 is 0.772 bits per heavy atom. The minimum Gasteiger partial charge on any atom is -0.456 e. The summed E-state index contributed by atoms with van der Waals surface area (Å²) < 4.78 is 30.7. The van der Waals surface area contributed by atoms with Crippen LogP contribution in [0.5, 0.6) is 0 Å². The van der Waals surface area contributed by atoms with E-state index in [2.05, 4.69) is 99.0 Å². The van der Waals surface area contributed by atoms with Crippen LogP contribution in [0.15, 0.2) is 85.1 Å². The van der Waals surface area contributed by atoms with Crippen LogP contribution in [0.1, 0.15) is 290 Å². The Labute approximate surface area is 488 Å². The summed E-state index contributed by atoms with van der Waals surface area (Å²) in [6.45, 7) is 6.95. The van der Waals surface area contributed by atoms with Crippen LogP contribution < -0.4 is 5.32 Å². The second-order valence-corrected chi connectivity index (χ2v) is 24.7. The van der Waals surface area contributed by atoms with Crippen molar-refractivity contribution in [3.63, 3.8) is 0 Å². The fourth-order valence-corrected chi connectivity index (χ4v) is 9.93. The van der Waals surface area contributed by atoms with E-state index in [0.29, 0.717) is 17.4 Å². The third kappa shape index (κ3) is 59.6. The molecule has 10 heteroatoms. The number of likely N-dealkylation sites (N-methyl/N-ethyl adjacent to an activating group) is 1. The number of hydrogen-bond donors (Lipinski definition) is 2. The van der Waals surface area contributed by atoms with Gasteiger partial charge in [0, 0.05) is 12.8 Å². The number of allylic oxidation sites excluding steroid dienone is 13. The molecule has 0 heterocycles. The van der Waals surface area contributed by atoms with E-state index >= 15 is 0 Å². The van der Waals surface area contributed by atoms with Crippen LogP contribution in [-0.4, -0.2) is 74.3 Å². The van der Waals surface area contributed by atoms with E-state index in [1.807, 2.05) is 33.3 Å². The lowest BCUT2D eigenvalue weighted by Gasteiger charge is -2.27. The lowest BCUT2D eigenvalue weighted by molar-refractivity contribution is -0.870. The molecule has 0 rings (SSSR count). The summed E-state index contributed by atoms with van der Waals surface area (Å²) in [7, 11) is 1.48. The van der Waals surface area contributed by atoms with Crippen LogP contribution >= 0.6 is 7.82 Å². The minimum absolute atomic E-state index is 0.0344. The van der Waals surface area contributed by atoms with Gasteiger partial charge >= 0.3 is 13.8 Å². The maximum absolute atomic E-state index is 13.6. The second kappa shape index (κ2) is 58.4. The fraction of sp³-hybridized carbons (Fsp3) is 0.768. The molecule has 0 radical (unpaired) electrons. The predicted octanol–water partition coefficient (Wildman–Crippen LogP) is 20.6. The average Bonchev–Trinajstić information content (AvgIpc) is 3.41. The number of unbranched alkanes of at least 4 members (excludes halogenated alkanes) is 31. The highest BCUT2D eigenvalue weighted by molar-refractivity contribution is 7.47. The van der Waals surface area contributed by atoms with Gasteiger partial charge in [-0.1, -0.05) is 254 Å².